The number of carbonyl (C=O) groups excluding carboxylic acids is 1. The Balaban J connectivity index is 1.85. The van der Waals surface area contributed by atoms with E-state index in [-0.39, 0.29) is 17.4 Å². The standard InChI is InChI=1S/C20H26FN3O3S2/c1-14-18(23-20(22)28-14)19(25)24(11-10-15-6-3-2-4-7-15)29(26,27)13-16-8-5-9-17(21)12-16/h5,8-9,12,15H,2-4,6-7,10-11,13H2,1H3,(H2,22,23). The summed E-state index contributed by atoms with van der Waals surface area (Å²) < 4.78 is 40.7. The molecule has 0 aliphatic heterocycles. The van der Waals surface area contributed by atoms with E-state index in [1.54, 1.807) is 6.92 Å². The Bertz CT molecular complexity index is 969. The van der Waals surface area contributed by atoms with Crippen molar-refractivity contribution in [3.8, 4) is 0 Å². The van der Waals surface area contributed by atoms with Gasteiger partial charge in [-0.2, -0.15) is 0 Å². The number of anilines is 1. The van der Waals surface area contributed by atoms with Crippen LogP contribution in [-0.4, -0.2) is 30.2 Å². The Kier molecular flexibility index (Phi) is 6.89. The lowest BCUT2D eigenvalue weighted by Gasteiger charge is -2.26. The summed E-state index contributed by atoms with van der Waals surface area (Å²) in [6.07, 6.45) is 6.19. The predicted octanol–water partition coefficient (Wildman–Crippen LogP) is 4.12. The van der Waals surface area contributed by atoms with Gasteiger partial charge in [-0.05, 0) is 37.0 Å². The summed E-state index contributed by atoms with van der Waals surface area (Å²) in [5, 5.41) is 0.223. The van der Waals surface area contributed by atoms with Crippen LogP contribution in [0, 0.1) is 18.7 Å². The first kappa shape index (κ1) is 21.7. The minimum absolute atomic E-state index is 0.0685. The molecule has 158 valence electrons. The average Bonchev–Trinajstić information content (AvgIpc) is 3.00. The maximum absolute atomic E-state index is 13.5. The van der Waals surface area contributed by atoms with Crippen LogP contribution in [0.2, 0.25) is 0 Å². The molecule has 0 atom stereocenters. The lowest BCUT2D eigenvalue weighted by Crippen LogP contribution is -2.39. The smallest absolute Gasteiger partial charge is 0.287 e. The summed E-state index contributed by atoms with van der Waals surface area (Å²) in [5.74, 6) is -1.21. The van der Waals surface area contributed by atoms with E-state index < -0.39 is 27.5 Å². The summed E-state index contributed by atoms with van der Waals surface area (Å²) >= 11 is 1.15. The molecule has 1 aromatic carbocycles. The minimum atomic E-state index is -4.01. The molecule has 0 radical (unpaired) electrons. The van der Waals surface area contributed by atoms with Crippen LogP contribution in [0.25, 0.3) is 0 Å². The summed E-state index contributed by atoms with van der Waals surface area (Å²) in [6.45, 7) is 1.79. The molecule has 1 aliphatic rings. The van der Waals surface area contributed by atoms with Gasteiger partial charge in [0.1, 0.15) is 11.5 Å². The molecule has 0 bridgehead atoms. The molecule has 0 spiro atoms. The zero-order valence-electron chi connectivity index (χ0n) is 16.4. The molecule has 3 rings (SSSR count). The molecule has 0 unspecified atom stereocenters. The number of benzene rings is 1. The topological polar surface area (TPSA) is 93.4 Å². The summed E-state index contributed by atoms with van der Waals surface area (Å²) in [4.78, 5) is 17.7. The third kappa shape index (κ3) is 5.54. The van der Waals surface area contributed by atoms with Crippen LogP contribution in [0.4, 0.5) is 9.52 Å². The van der Waals surface area contributed by atoms with Crippen LogP contribution in [0.5, 0.6) is 0 Å². The van der Waals surface area contributed by atoms with Crippen LogP contribution in [0.1, 0.15) is 59.5 Å². The normalized spacial score (nSPS) is 15.4. The molecule has 9 heteroatoms. The maximum Gasteiger partial charge on any atom is 0.287 e. The molecule has 1 aliphatic carbocycles. The Morgan fingerprint density at radius 3 is 2.66 bits per heavy atom. The summed E-state index contributed by atoms with van der Waals surface area (Å²) in [5.41, 5.74) is 6.07. The van der Waals surface area contributed by atoms with Crippen LogP contribution in [0.3, 0.4) is 0 Å². The highest BCUT2D eigenvalue weighted by molar-refractivity contribution is 7.88. The van der Waals surface area contributed by atoms with Gasteiger partial charge in [-0.1, -0.05) is 44.2 Å². The van der Waals surface area contributed by atoms with Gasteiger partial charge in [-0.25, -0.2) is 22.1 Å². The number of hydrogen-bond donors (Lipinski definition) is 1. The van der Waals surface area contributed by atoms with E-state index in [0.29, 0.717) is 22.8 Å². The van der Waals surface area contributed by atoms with Crippen molar-refractivity contribution in [2.45, 2.75) is 51.2 Å². The molecular weight excluding hydrogens is 413 g/mol. The Labute approximate surface area is 175 Å². The fourth-order valence-electron chi connectivity index (χ4n) is 3.79. The fourth-order valence-corrected chi connectivity index (χ4v) is 5.95. The molecule has 1 fully saturated rings. The number of amides is 1. The second-order valence-corrected chi connectivity index (χ2v) is 10.6. The van der Waals surface area contributed by atoms with E-state index in [9.17, 15) is 17.6 Å². The van der Waals surface area contributed by atoms with Crippen molar-refractivity contribution in [3.63, 3.8) is 0 Å². The number of nitrogens with zero attached hydrogens (tertiary/aromatic N) is 2. The molecule has 6 nitrogen and oxygen atoms in total. The molecule has 2 aromatic rings. The summed E-state index contributed by atoms with van der Waals surface area (Å²) in [6, 6.07) is 5.42. The van der Waals surface area contributed by atoms with Gasteiger partial charge in [0, 0.05) is 11.4 Å². The van der Waals surface area contributed by atoms with Crippen LogP contribution in [0.15, 0.2) is 24.3 Å². The maximum atomic E-state index is 13.5. The monoisotopic (exact) mass is 439 g/mol. The van der Waals surface area contributed by atoms with Crippen molar-refractivity contribution in [2.24, 2.45) is 5.92 Å². The van der Waals surface area contributed by atoms with E-state index in [4.69, 9.17) is 5.73 Å². The lowest BCUT2D eigenvalue weighted by atomic mass is 9.87. The van der Waals surface area contributed by atoms with E-state index >= 15 is 0 Å². The van der Waals surface area contributed by atoms with Crippen molar-refractivity contribution >= 4 is 32.4 Å². The van der Waals surface area contributed by atoms with E-state index in [1.165, 1.54) is 30.7 Å². The fraction of sp³-hybridized carbons (Fsp3) is 0.500. The molecule has 1 saturated carbocycles. The van der Waals surface area contributed by atoms with Gasteiger partial charge in [-0.3, -0.25) is 4.79 Å². The van der Waals surface area contributed by atoms with Crippen molar-refractivity contribution in [3.05, 3.63) is 46.2 Å². The van der Waals surface area contributed by atoms with Crippen LogP contribution < -0.4 is 5.73 Å². The highest BCUT2D eigenvalue weighted by Crippen LogP contribution is 2.28. The van der Waals surface area contributed by atoms with Gasteiger partial charge in [0.25, 0.3) is 5.91 Å². The van der Waals surface area contributed by atoms with Crippen LogP contribution >= 0.6 is 11.3 Å². The zero-order valence-corrected chi connectivity index (χ0v) is 18.1. The molecule has 29 heavy (non-hydrogen) atoms. The molecule has 1 aromatic heterocycles. The average molecular weight is 440 g/mol. The van der Waals surface area contributed by atoms with E-state index in [2.05, 4.69) is 4.98 Å². The zero-order chi connectivity index (χ0) is 21.0. The second kappa shape index (κ2) is 9.21. The molecule has 1 amide bonds. The predicted molar refractivity (Wildman–Crippen MR) is 113 cm³/mol. The van der Waals surface area contributed by atoms with Gasteiger partial charge < -0.3 is 5.73 Å². The number of thiazole rings is 1. The number of nitrogens with two attached hydrogens (primary N) is 1. The number of nitrogen functional groups attached to an aromatic ring is 1. The first-order valence-electron chi connectivity index (χ1n) is 9.78. The van der Waals surface area contributed by atoms with Crippen molar-refractivity contribution < 1.29 is 17.6 Å². The SMILES string of the molecule is Cc1sc(N)nc1C(=O)N(CCC1CCCCC1)S(=O)(=O)Cc1cccc(F)c1. The number of aromatic nitrogens is 1. The Hall–Kier alpha value is -2.00. The number of hydrogen-bond acceptors (Lipinski definition) is 6. The van der Waals surface area contributed by atoms with Crippen molar-refractivity contribution in [1.82, 2.24) is 9.29 Å². The van der Waals surface area contributed by atoms with Gasteiger partial charge >= 0.3 is 0 Å². The van der Waals surface area contributed by atoms with Gasteiger partial charge in [0.05, 0.1) is 5.75 Å². The second-order valence-electron chi connectivity index (χ2n) is 7.51. The quantitative estimate of drug-likeness (QED) is 0.701. The molecule has 2 N–H and O–H groups in total. The minimum Gasteiger partial charge on any atom is -0.375 e. The van der Waals surface area contributed by atoms with E-state index in [1.807, 2.05) is 0 Å². The van der Waals surface area contributed by atoms with Crippen molar-refractivity contribution in [1.29, 1.82) is 0 Å². The third-order valence-electron chi connectivity index (χ3n) is 5.28. The lowest BCUT2D eigenvalue weighted by molar-refractivity contribution is 0.0848. The number of rotatable bonds is 7. The van der Waals surface area contributed by atoms with Crippen LogP contribution in [-0.2, 0) is 15.8 Å². The molecular formula is C20H26FN3O3S2. The van der Waals surface area contributed by atoms with E-state index in [0.717, 1.165) is 41.3 Å². The van der Waals surface area contributed by atoms with Gasteiger partial charge in [0.15, 0.2) is 5.13 Å². The number of halogens is 1. The number of aryl methyl sites for hydroxylation is 1. The highest BCUT2D eigenvalue weighted by atomic mass is 32.2. The van der Waals surface area contributed by atoms with Gasteiger partial charge in [0.2, 0.25) is 10.0 Å². The highest BCUT2D eigenvalue weighted by Gasteiger charge is 2.32. The first-order chi connectivity index (χ1) is 13.8. The summed E-state index contributed by atoms with van der Waals surface area (Å²) in [7, 11) is -4.01. The molecule has 1 heterocycles. The number of sulfonamides is 1. The largest absolute Gasteiger partial charge is 0.375 e. The molecule has 0 saturated heterocycles. The van der Waals surface area contributed by atoms with Gasteiger partial charge in [-0.15, -0.1) is 11.3 Å². The Morgan fingerprint density at radius 1 is 1.31 bits per heavy atom. The first-order valence-corrected chi connectivity index (χ1v) is 12.2. The number of carbonyl (C=O) groups is 1. The van der Waals surface area contributed by atoms with Crippen molar-refractivity contribution in [2.75, 3.05) is 12.3 Å². The third-order valence-corrected chi connectivity index (χ3v) is 7.80. The Morgan fingerprint density at radius 2 is 2.03 bits per heavy atom.